The van der Waals surface area contributed by atoms with E-state index in [9.17, 15) is 0 Å². The number of aryl methyl sites for hydroxylation is 2. The zero-order valence-corrected chi connectivity index (χ0v) is 10.8. The molecule has 2 atom stereocenters. The number of likely N-dealkylation sites (N-methyl/N-ethyl adjacent to an activating group) is 1. The number of pyridine rings is 1. The lowest BCUT2D eigenvalue weighted by Crippen LogP contribution is -2.22. The fraction of sp³-hybridized carbons (Fsp3) is 0.400. The number of aromatic nitrogens is 1. The van der Waals surface area contributed by atoms with Crippen molar-refractivity contribution in [3.8, 4) is 0 Å². The Hall–Kier alpha value is -1.61. The molecule has 0 amide bonds. The molecular weight excluding hydrogens is 224 g/mol. The molecule has 0 radical (unpaired) electrons. The fourth-order valence-electron chi connectivity index (χ4n) is 3.00. The van der Waals surface area contributed by atoms with Crippen molar-refractivity contribution in [3.63, 3.8) is 0 Å². The first-order chi connectivity index (χ1) is 8.79. The zero-order valence-electron chi connectivity index (χ0n) is 10.8. The molecule has 3 rings (SSSR count). The van der Waals surface area contributed by atoms with Gasteiger partial charge in [0, 0.05) is 29.4 Å². The third-order valence-corrected chi connectivity index (χ3v) is 3.83. The van der Waals surface area contributed by atoms with Gasteiger partial charge in [-0.15, -0.1) is 0 Å². The molecule has 0 aliphatic heterocycles. The average Bonchev–Trinajstić information content (AvgIpc) is 2.98. The molecule has 18 heavy (non-hydrogen) atoms. The van der Waals surface area contributed by atoms with Crippen molar-refractivity contribution in [1.29, 1.82) is 0 Å². The quantitative estimate of drug-likeness (QED) is 0.899. The Bertz CT molecular complexity index is 547. The van der Waals surface area contributed by atoms with Crippen molar-refractivity contribution < 1.29 is 4.42 Å². The first-order valence-corrected chi connectivity index (χ1v) is 6.45. The van der Waals surface area contributed by atoms with Crippen molar-refractivity contribution in [3.05, 3.63) is 53.2 Å². The topological polar surface area (TPSA) is 38.1 Å². The largest absolute Gasteiger partial charge is 0.469 e. The lowest BCUT2D eigenvalue weighted by atomic mass is 9.92. The van der Waals surface area contributed by atoms with E-state index < -0.39 is 0 Å². The van der Waals surface area contributed by atoms with Crippen LogP contribution in [0.4, 0.5) is 0 Å². The van der Waals surface area contributed by atoms with Crippen LogP contribution in [0.3, 0.4) is 0 Å². The monoisotopic (exact) mass is 242 g/mol. The number of rotatable bonds is 3. The van der Waals surface area contributed by atoms with Gasteiger partial charge in [-0.05, 0) is 44.5 Å². The van der Waals surface area contributed by atoms with E-state index in [1.165, 1.54) is 16.8 Å². The molecule has 0 spiro atoms. The summed E-state index contributed by atoms with van der Waals surface area (Å²) in [5, 5.41) is 3.41. The van der Waals surface area contributed by atoms with Crippen molar-refractivity contribution in [2.24, 2.45) is 0 Å². The van der Waals surface area contributed by atoms with Crippen LogP contribution >= 0.6 is 0 Å². The Morgan fingerprint density at radius 2 is 2.39 bits per heavy atom. The fourth-order valence-corrected chi connectivity index (χ4v) is 3.00. The molecule has 0 bridgehead atoms. The number of hydrogen-bond acceptors (Lipinski definition) is 3. The molecule has 3 heteroatoms. The van der Waals surface area contributed by atoms with Crippen LogP contribution in [-0.2, 0) is 6.42 Å². The normalized spacial score (nSPS) is 19.8. The van der Waals surface area contributed by atoms with Gasteiger partial charge in [0.1, 0.15) is 5.76 Å². The average molecular weight is 242 g/mol. The molecule has 1 N–H and O–H groups in total. The molecule has 2 unspecified atom stereocenters. The van der Waals surface area contributed by atoms with Gasteiger partial charge in [-0.1, -0.05) is 6.07 Å². The molecular formula is C15H18N2O. The predicted molar refractivity (Wildman–Crippen MR) is 70.5 cm³/mol. The van der Waals surface area contributed by atoms with E-state index in [1.54, 1.807) is 0 Å². The van der Waals surface area contributed by atoms with Gasteiger partial charge >= 0.3 is 0 Å². The van der Waals surface area contributed by atoms with Gasteiger partial charge in [0.2, 0.25) is 0 Å². The molecule has 3 nitrogen and oxygen atoms in total. The van der Waals surface area contributed by atoms with Crippen LogP contribution in [0.2, 0.25) is 0 Å². The standard InChI is InChI=1S/C15H18N2O/c1-10-8-12(9-18-10)14(16-2)13-6-5-11-4-3-7-17-15(11)13/h3-4,7-9,13-14,16H,5-6H2,1-2H3. The molecule has 2 aromatic heterocycles. The highest BCUT2D eigenvalue weighted by molar-refractivity contribution is 5.33. The molecule has 0 saturated heterocycles. The number of nitrogens with one attached hydrogen (secondary N) is 1. The minimum atomic E-state index is 0.290. The second kappa shape index (κ2) is 4.58. The van der Waals surface area contributed by atoms with Gasteiger partial charge in [-0.2, -0.15) is 0 Å². The Labute approximate surface area is 107 Å². The second-order valence-corrected chi connectivity index (χ2v) is 4.95. The Morgan fingerprint density at radius 1 is 1.50 bits per heavy atom. The van der Waals surface area contributed by atoms with E-state index in [0.717, 1.165) is 18.6 Å². The number of furan rings is 1. The van der Waals surface area contributed by atoms with E-state index in [2.05, 4.69) is 22.4 Å². The Kier molecular flexibility index (Phi) is 2.92. The molecule has 0 fully saturated rings. The first kappa shape index (κ1) is 11.5. The molecule has 94 valence electrons. The third kappa shape index (κ3) is 1.85. The molecule has 2 heterocycles. The van der Waals surface area contributed by atoms with Crippen molar-refractivity contribution in [1.82, 2.24) is 10.3 Å². The summed E-state index contributed by atoms with van der Waals surface area (Å²) in [5.41, 5.74) is 3.86. The van der Waals surface area contributed by atoms with E-state index in [-0.39, 0.29) is 0 Å². The summed E-state index contributed by atoms with van der Waals surface area (Å²) < 4.78 is 5.43. The van der Waals surface area contributed by atoms with Crippen molar-refractivity contribution in [2.45, 2.75) is 31.7 Å². The van der Waals surface area contributed by atoms with E-state index in [4.69, 9.17) is 4.42 Å². The summed E-state index contributed by atoms with van der Waals surface area (Å²) >= 11 is 0. The lowest BCUT2D eigenvalue weighted by Gasteiger charge is -2.22. The zero-order chi connectivity index (χ0) is 12.5. The van der Waals surface area contributed by atoms with Gasteiger partial charge in [-0.3, -0.25) is 4.98 Å². The molecule has 2 aromatic rings. The molecule has 0 aromatic carbocycles. The summed E-state index contributed by atoms with van der Waals surface area (Å²) in [5.74, 6) is 1.41. The number of fused-ring (bicyclic) bond motifs is 1. The van der Waals surface area contributed by atoms with Gasteiger partial charge in [-0.25, -0.2) is 0 Å². The second-order valence-electron chi connectivity index (χ2n) is 4.95. The van der Waals surface area contributed by atoms with Gasteiger partial charge in [0.25, 0.3) is 0 Å². The van der Waals surface area contributed by atoms with Crippen molar-refractivity contribution in [2.75, 3.05) is 7.05 Å². The maximum atomic E-state index is 5.43. The first-order valence-electron chi connectivity index (χ1n) is 6.45. The summed E-state index contributed by atoms with van der Waals surface area (Å²) in [6.45, 7) is 1.98. The molecule has 1 aliphatic carbocycles. The van der Waals surface area contributed by atoms with Crippen LogP contribution in [0.1, 0.15) is 41.0 Å². The predicted octanol–water partition coefficient (Wildman–Crippen LogP) is 2.97. The highest BCUT2D eigenvalue weighted by Gasteiger charge is 2.31. The maximum Gasteiger partial charge on any atom is 0.101 e. The number of nitrogens with zero attached hydrogens (tertiary/aromatic N) is 1. The summed E-state index contributed by atoms with van der Waals surface area (Å²) in [7, 11) is 2.01. The van der Waals surface area contributed by atoms with Crippen molar-refractivity contribution >= 4 is 0 Å². The van der Waals surface area contributed by atoms with Crippen LogP contribution in [0.25, 0.3) is 0 Å². The molecule has 1 aliphatic rings. The highest BCUT2D eigenvalue weighted by atomic mass is 16.3. The maximum absolute atomic E-state index is 5.43. The summed E-state index contributed by atoms with van der Waals surface area (Å²) in [6, 6.07) is 6.62. The minimum absolute atomic E-state index is 0.290. The van der Waals surface area contributed by atoms with Crippen LogP contribution in [0, 0.1) is 6.92 Å². The Morgan fingerprint density at radius 3 is 3.11 bits per heavy atom. The van der Waals surface area contributed by atoms with Crippen LogP contribution < -0.4 is 5.32 Å². The van der Waals surface area contributed by atoms with E-state index in [0.29, 0.717) is 12.0 Å². The van der Waals surface area contributed by atoms with Crippen LogP contribution in [0.5, 0.6) is 0 Å². The van der Waals surface area contributed by atoms with Gasteiger partial charge in [0.05, 0.1) is 6.26 Å². The third-order valence-electron chi connectivity index (χ3n) is 3.83. The number of hydrogen-bond donors (Lipinski definition) is 1. The molecule has 0 saturated carbocycles. The smallest absolute Gasteiger partial charge is 0.101 e. The Balaban J connectivity index is 1.95. The lowest BCUT2D eigenvalue weighted by molar-refractivity contribution is 0.460. The SMILES string of the molecule is CNC(c1coc(C)c1)C1CCc2cccnc21. The minimum Gasteiger partial charge on any atom is -0.469 e. The van der Waals surface area contributed by atoms with E-state index >= 15 is 0 Å². The van der Waals surface area contributed by atoms with Gasteiger partial charge in [0.15, 0.2) is 0 Å². The summed E-state index contributed by atoms with van der Waals surface area (Å²) in [4.78, 5) is 4.57. The van der Waals surface area contributed by atoms with E-state index in [1.807, 2.05) is 32.5 Å². The van der Waals surface area contributed by atoms with Crippen LogP contribution in [-0.4, -0.2) is 12.0 Å². The van der Waals surface area contributed by atoms with Crippen LogP contribution in [0.15, 0.2) is 35.1 Å². The highest BCUT2D eigenvalue weighted by Crippen LogP contribution is 2.40. The van der Waals surface area contributed by atoms with Gasteiger partial charge < -0.3 is 9.73 Å². The summed E-state index contributed by atoms with van der Waals surface area (Å²) in [6.07, 6.45) is 6.03.